The van der Waals surface area contributed by atoms with E-state index in [0.717, 1.165) is 11.1 Å². The number of hydrogen-bond donors (Lipinski definition) is 0. The zero-order valence-electron chi connectivity index (χ0n) is 11.9. The van der Waals surface area contributed by atoms with Gasteiger partial charge in [-0.1, -0.05) is 47.5 Å². The number of nitriles is 1. The molecule has 0 atom stereocenters. The smallest absolute Gasteiger partial charge is 0.0998 e. The van der Waals surface area contributed by atoms with Crippen molar-refractivity contribution < 1.29 is 0 Å². The van der Waals surface area contributed by atoms with E-state index in [1.54, 1.807) is 6.07 Å². The van der Waals surface area contributed by atoms with E-state index in [1.165, 1.54) is 16.7 Å². The average Bonchev–Trinajstić information content (AvgIpc) is 2.39. The van der Waals surface area contributed by atoms with Crippen molar-refractivity contribution in [1.82, 2.24) is 0 Å². The highest BCUT2D eigenvalue weighted by Crippen LogP contribution is 2.27. The molecule has 0 saturated heterocycles. The first-order chi connectivity index (χ1) is 9.52. The Hall–Kier alpha value is -2.04. The lowest BCUT2D eigenvalue weighted by Gasteiger charge is -2.09. The van der Waals surface area contributed by atoms with Crippen molar-refractivity contribution >= 4 is 23.3 Å². The molecule has 0 bridgehead atoms. The van der Waals surface area contributed by atoms with Gasteiger partial charge in [-0.3, -0.25) is 0 Å². The fraction of sp³-hybridized carbons (Fsp3) is 0.167. The van der Waals surface area contributed by atoms with Crippen molar-refractivity contribution in [2.45, 2.75) is 20.8 Å². The van der Waals surface area contributed by atoms with Crippen LogP contribution in [-0.2, 0) is 0 Å². The van der Waals surface area contributed by atoms with E-state index in [2.05, 4.69) is 39.0 Å². The second-order valence-electron chi connectivity index (χ2n) is 4.96. The number of benzene rings is 2. The molecule has 0 saturated carbocycles. The first-order valence-corrected chi connectivity index (χ1v) is 6.85. The minimum Gasteiger partial charge on any atom is -0.192 e. The van der Waals surface area contributed by atoms with Gasteiger partial charge < -0.3 is 0 Å². The van der Waals surface area contributed by atoms with Crippen LogP contribution >= 0.6 is 11.6 Å². The summed E-state index contributed by atoms with van der Waals surface area (Å²) in [5.41, 5.74) is 6.02. The number of aryl methyl sites for hydroxylation is 3. The Labute approximate surface area is 125 Å². The van der Waals surface area contributed by atoms with Gasteiger partial charge in [-0.05, 0) is 49.6 Å². The van der Waals surface area contributed by atoms with Crippen molar-refractivity contribution in [1.29, 1.82) is 5.26 Å². The van der Waals surface area contributed by atoms with E-state index in [9.17, 15) is 5.26 Å². The molecule has 20 heavy (non-hydrogen) atoms. The second kappa shape index (κ2) is 5.94. The van der Waals surface area contributed by atoms with Gasteiger partial charge in [0, 0.05) is 10.6 Å². The lowest BCUT2D eigenvalue weighted by Crippen LogP contribution is -1.91. The SMILES string of the molecule is Cc1cc(C)c(C=C(C#N)c2ccccc2Cl)c(C)c1. The normalized spacial score (nSPS) is 11.2. The number of halogens is 1. The maximum atomic E-state index is 9.42. The van der Waals surface area contributed by atoms with Crippen molar-refractivity contribution in [2.75, 3.05) is 0 Å². The third-order valence-electron chi connectivity index (χ3n) is 3.31. The first-order valence-electron chi connectivity index (χ1n) is 6.47. The molecule has 1 nitrogen and oxygen atoms in total. The van der Waals surface area contributed by atoms with E-state index in [1.807, 2.05) is 24.3 Å². The minimum absolute atomic E-state index is 0.589. The largest absolute Gasteiger partial charge is 0.192 e. The van der Waals surface area contributed by atoms with E-state index in [-0.39, 0.29) is 0 Å². The quantitative estimate of drug-likeness (QED) is 0.539. The molecule has 0 unspecified atom stereocenters. The Morgan fingerprint density at radius 2 is 1.70 bits per heavy atom. The van der Waals surface area contributed by atoms with E-state index < -0.39 is 0 Å². The molecule has 0 fully saturated rings. The molecule has 0 aliphatic heterocycles. The Morgan fingerprint density at radius 1 is 1.10 bits per heavy atom. The van der Waals surface area contributed by atoms with Crippen LogP contribution in [0, 0.1) is 32.1 Å². The molecule has 0 aliphatic carbocycles. The molecule has 100 valence electrons. The first kappa shape index (κ1) is 14.4. The third-order valence-corrected chi connectivity index (χ3v) is 3.64. The predicted octanol–water partition coefficient (Wildman–Crippen LogP) is 5.33. The van der Waals surface area contributed by atoms with Crippen LogP contribution in [0.2, 0.25) is 5.02 Å². The molecule has 2 aromatic rings. The fourth-order valence-corrected chi connectivity index (χ4v) is 2.65. The molecule has 0 aromatic heterocycles. The van der Waals surface area contributed by atoms with Crippen LogP contribution in [0.25, 0.3) is 11.6 Å². The second-order valence-corrected chi connectivity index (χ2v) is 5.37. The zero-order valence-corrected chi connectivity index (χ0v) is 12.6. The molecular weight excluding hydrogens is 266 g/mol. The number of rotatable bonds is 2. The number of hydrogen-bond acceptors (Lipinski definition) is 1. The van der Waals surface area contributed by atoms with Crippen LogP contribution in [0.5, 0.6) is 0 Å². The lowest BCUT2D eigenvalue weighted by molar-refractivity contribution is 1.30. The van der Waals surface area contributed by atoms with Gasteiger partial charge in [0.2, 0.25) is 0 Å². The zero-order chi connectivity index (χ0) is 14.7. The summed E-state index contributed by atoms with van der Waals surface area (Å²) >= 11 is 6.18. The van der Waals surface area contributed by atoms with Crippen LogP contribution < -0.4 is 0 Å². The average molecular weight is 282 g/mol. The molecule has 0 radical (unpaired) electrons. The summed E-state index contributed by atoms with van der Waals surface area (Å²) in [6.07, 6.45) is 1.92. The summed E-state index contributed by atoms with van der Waals surface area (Å²) in [5.74, 6) is 0. The molecular formula is C18H16ClN. The molecule has 2 aromatic carbocycles. The molecule has 0 spiro atoms. The van der Waals surface area contributed by atoms with Crippen LogP contribution in [0.3, 0.4) is 0 Å². The lowest BCUT2D eigenvalue weighted by atomic mass is 9.96. The number of nitrogens with zero attached hydrogens (tertiary/aromatic N) is 1. The molecule has 0 aliphatic rings. The van der Waals surface area contributed by atoms with Gasteiger partial charge >= 0.3 is 0 Å². The maximum absolute atomic E-state index is 9.42. The van der Waals surface area contributed by atoms with Crippen molar-refractivity contribution in [3.8, 4) is 6.07 Å². The van der Waals surface area contributed by atoms with Gasteiger partial charge in [0.15, 0.2) is 0 Å². The summed E-state index contributed by atoms with van der Waals surface area (Å²) in [5, 5.41) is 10.0. The summed E-state index contributed by atoms with van der Waals surface area (Å²) in [4.78, 5) is 0. The predicted molar refractivity (Wildman–Crippen MR) is 85.6 cm³/mol. The van der Waals surface area contributed by atoms with Gasteiger partial charge in [0.25, 0.3) is 0 Å². The molecule has 0 heterocycles. The Bertz CT molecular complexity index is 697. The standard InChI is InChI=1S/C18H16ClN/c1-12-8-13(2)17(14(3)9-12)10-15(11-20)16-6-4-5-7-18(16)19/h4-10H,1-3H3. The van der Waals surface area contributed by atoms with Gasteiger partial charge in [-0.15, -0.1) is 0 Å². The van der Waals surface area contributed by atoms with Crippen LogP contribution in [0.15, 0.2) is 36.4 Å². The summed E-state index contributed by atoms with van der Waals surface area (Å²) < 4.78 is 0. The highest BCUT2D eigenvalue weighted by Gasteiger charge is 2.08. The number of allylic oxidation sites excluding steroid dienone is 1. The molecule has 2 heteroatoms. The van der Waals surface area contributed by atoms with Crippen molar-refractivity contribution in [3.05, 3.63) is 69.2 Å². The minimum atomic E-state index is 0.589. The van der Waals surface area contributed by atoms with Gasteiger partial charge in [0.1, 0.15) is 0 Å². The highest BCUT2D eigenvalue weighted by molar-refractivity contribution is 6.32. The highest BCUT2D eigenvalue weighted by atomic mass is 35.5. The van der Waals surface area contributed by atoms with Gasteiger partial charge in [-0.25, -0.2) is 0 Å². The van der Waals surface area contributed by atoms with E-state index in [0.29, 0.717) is 10.6 Å². The molecule has 2 rings (SSSR count). The van der Waals surface area contributed by atoms with Crippen LogP contribution in [0.1, 0.15) is 27.8 Å². The Morgan fingerprint density at radius 3 is 2.25 bits per heavy atom. The van der Waals surface area contributed by atoms with Gasteiger partial charge in [-0.2, -0.15) is 5.26 Å². The van der Waals surface area contributed by atoms with E-state index in [4.69, 9.17) is 11.6 Å². The van der Waals surface area contributed by atoms with Crippen molar-refractivity contribution in [2.24, 2.45) is 0 Å². The third kappa shape index (κ3) is 2.92. The monoisotopic (exact) mass is 281 g/mol. The summed E-state index contributed by atoms with van der Waals surface area (Å²) in [6.45, 7) is 6.20. The Kier molecular flexibility index (Phi) is 4.27. The van der Waals surface area contributed by atoms with E-state index >= 15 is 0 Å². The fourth-order valence-electron chi connectivity index (χ4n) is 2.41. The summed E-state index contributed by atoms with van der Waals surface area (Å²) in [7, 11) is 0. The van der Waals surface area contributed by atoms with Crippen molar-refractivity contribution in [3.63, 3.8) is 0 Å². The molecule has 0 amide bonds. The van der Waals surface area contributed by atoms with Gasteiger partial charge in [0.05, 0.1) is 11.6 Å². The topological polar surface area (TPSA) is 23.8 Å². The van der Waals surface area contributed by atoms with Crippen LogP contribution in [-0.4, -0.2) is 0 Å². The van der Waals surface area contributed by atoms with Crippen LogP contribution in [0.4, 0.5) is 0 Å². The molecule has 0 N–H and O–H groups in total. The Balaban J connectivity index is 2.59. The maximum Gasteiger partial charge on any atom is 0.0998 e. The summed E-state index contributed by atoms with van der Waals surface area (Å²) in [6, 6.07) is 13.9.